The van der Waals surface area contributed by atoms with Gasteiger partial charge in [-0.15, -0.1) is 0 Å². The van der Waals surface area contributed by atoms with Gasteiger partial charge in [0.05, 0.1) is 5.56 Å². The molecule has 0 aliphatic heterocycles. The molecule has 1 aromatic rings. The minimum atomic E-state index is -0.609. The van der Waals surface area contributed by atoms with E-state index < -0.39 is 5.41 Å². The third-order valence-electron chi connectivity index (χ3n) is 2.67. The minimum absolute atomic E-state index is 0.0803. The molecule has 0 saturated carbocycles. The van der Waals surface area contributed by atoms with Crippen molar-refractivity contribution in [2.45, 2.75) is 13.8 Å². The molecule has 0 radical (unpaired) electrons. The van der Waals surface area contributed by atoms with Crippen molar-refractivity contribution in [1.82, 2.24) is 5.32 Å². The number of hydrogen-bond donors (Lipinski definition) is 3. The predicted octanol–water partition coefficient (Wildman–Crippen LogP) is 2.56. The number of rotatable bonds is 4. The van der Waals surface area contributed by atoms with Crippen LogP contribution in [-0.2, 0) is 0 Å². The van der Waals surface area contributed by atoms with Crippen molar-refractivity contribution in [3.63, 3.8) is 0 Å². The van der Waals surface area contributed by atoms with Crippen molar-refractivity contribution < 1.29 is 10.0 Å². The van der Waals surface area contributed by atoms with Gasteiger partial charge in [0.15, 0.2) is 0 Å². The molecule has 5 nitrogen and oxygen atoms in total. The second kappa shape index (κ2) is 6.56. The van der Waals surface area contributed by atoms with Crippen LogP contribution in [0.15, 0.2) is 27.8 Å². The Hall–Kier alpha value is -0.830. The van der Waals surface area contributed by atoms with E-state index in [9.17, 15) is 4.79 Å². The van der Waals surface area contributed by atoms with Crippen LogP contribution in [0.2, 0.25) is 0 Å². The van der Waals surface area contributed by atoms with Crippen LogP contribution in [0.4, 0.5) is 0 Å². The number of carbonyl (C=O) groups is 1. The molecule has 104 valence electrons. The number of benzene rings is 1. The van der Waals surface area contributed by atoms with E-state index in [1.807, 2.05) is 12.1 Å². The second-order valence-electron chi connectivity index (χ2n) is 4.68. The van der Waals surface area contributed by atoms with Crippen molar-refractivity contribution >= 4 is 50.3 Å². The van der Waals surface area contributed by atoms with Gasteiger partial charge in [-0.05, 0) is 40.8 Å². The summed E-state index contributed by atoms with van der Waals surface area (Å²) in [4.78, 5) is 12.1. The standard InChI is InChI=1S/C12H15BrIN3O2/c1-12(2,11(15)17-19)6-16-10(18)8-5-7(13)3-4-9(8)14/h3-5,19H,6H2,1-2H3,(H2,15,17)(H,16,18). The number of halogens is 2. The van der Waals surface area contributed by atoms with Crippen LogP contribution in [0.1, 0.15) is 24.2 Å². The molecule has 0 heterocycles. The largest absolute Gasteiger partial charge is 0.409 e. The van der Waals surface area contributed by atoms with Gasteiger partial charge in [-0.3, -0.25) is 4.79 Å². The summed E-state index contributed by atoms with van der Waals surface area (Å²) in [6, 6.07) is 5.49. The molecule has 1 aromatic carbocycles. The van der Waals surface area contributed by atoms with Gasteiger partial charge in [-0.2, -0.15) is 0 Å². The first-order valence-corrected chi connectivity index (χ1v) is 7.36. The molecule has 7 heteroatoms. The molecule has 0 aliphatic rings. The predicted molar refractivity (Wildman–Crippen MR) is 86.4 cm³/mol. The zero-order chi connectivity index (χ0) is 14.6. The SMILES string of the molecule is CC(C)(CNC(=O)c1cc(Br)ccc1I)/C(N)=N/O. The zero-order valence-electron chi connectivity index (χ0n) is 10.6. The van der Waals surface area contributed by atoms with Crippen molar-refractivity contribution in [3.05, 3.63) is 31.8 Å². The lowest BCUT2D eigenvalue weighted by Crippen LogP contribution is -2.42. The molecule has 19 heavy (non-hydrogen) atoms. The number of carbonyl (C=O) groups excluding carboxylic acids is 1. The van der Waals surface area contributed by atoms with Gasteiger partial charge in [0.2, 0.25) is 0 Å². The first-order valence-electron chi connectivity index (χ1n) is 5.49. The molecule has 0 aliphatic carbocycles. The number of nitrogens with one attached hydrogen (secondary N) is 1. The van der Waals surface area contributed by atoms with E-state index in [1.165, 1.54) is 0 Å². The minimum Gasteiger partial charge on any atom is -0.409 e. The highest BCUT2D eigenvalue weighted by atomic mass is 127. The maximum Gasteiger partial charge on any atom is 0.252 e. The summed E-state index contributed by atoms with van der Waals surface area (Å²) in [6.07, 6.45) is 0. The van der Waals surface area contributed by atoms with Crippen molar-refractivity contribution in [1.29, 1.82) is 0 Å². The molecular weight excluding hydrogens is 425 g/mol. The summed E-state index contributed by atoms with van der Waals surface area (Å²) in [7, 11) is 0. The van der Waals surface area contributed by atoms with Gasteiger partial charge in [-0.25, -0.2) is 0 Å². The van der Waals surface area contributed by atoms with Crippen LogP contribution in [0.25, 0.3) is 0 Å². The van der Waals surface area contributed by atoms with Gasteiger partial charge >= 0.3 is 0 Å². The average molecular weight is 440 g/mol. The van der Waals surface area contributed by atoms with Gasteiger partial charge in [-0.1, -0.05) is 34.9 Å². The van der Waals surface area contributed by atoms with Crippen LogP contribution in [0.3, 0.4) is 0 Å². The van der Waals surface area contributed by atoms with E-state index in [-0.39, 0.29) is 18.3 Å². The maximum absolute atomic E-state index is 12.1. The summed E-state index contributed by atoms with van der Waals surface area (Å²) in [6.45, 7) is 3.85. The normalized spacial score (nSPS) is 12.3. The van der Waals surface area contributed by atoms with Crippen LogP contribution in [-0.4, -0.2) is 23.5 Å². The third kappa shape index (κ3) is 4.34. The maximum atomic E-state index is 12.1. The Labute approximate surface area is 133 Å². The molecule has 1 rings (SSSR count). The van der Waals surface area contributed by atoms with Crippen LogP contribution >= 0.6 is 38.5 Å². The second-order valence-corrected chi connectivity index (χ2v) is 6.75. The Morgan fingerprint density at radius 2 is 2.21 bits per heavy atom. The molecule has 4 N–H and O–H groups in total. The van der Waals surface area contributed by atoms with E-state index in [0.717, 1.165) is 8.04 Å². The van der Waals surface area contributed by atoms with Crippen LogP contribution in [0, 0.1) is 8.99 Å². The van der Waals surface area contributed by atoms with Crippen LogP contribution in [0.5, 0.6) is 0 Å². The summed E-state index contributed by atoms with van der Waals surface area (Å²) in [5, 5.41) is 14.4. The van der Waals surface area contributed by atoms with Gasteiger partial charge in [0.1, 0.15) is 5.84 Å². The van der Waals surface area contributed by atoms with E-state index in [1.54, 1.807) is 19.9 Å². The van der Waals surface area contributed by atoms with Crippen LogP contribution < -0.4 is 11.1 Å². The Morgan fingerprint density at radius 1 is 1.58 bits per heavy atom. The molecular formula is C12H15BrIN3O2. The fraction of sp³-hybridized carbons (Fsp3) is 0.333. The number of amides is 1. The Bertz CT molecular complexity index is 518. The van der Waals surface area contributed by atoms with E-state index in [2.05, 4.69) is 49.0 Å². The number of amidine groups is 1. The third-order valence-corrected chi connectivity index (χ3v) is 4.10. The molecule has 0 saturated heterocycles. The molecule has 0 unspecified atom stereocenters. The molecule has 0 fully saturated rings. The van der Waals surface area contributed by atoms with Gasteiger partial charge in [0, 0.05) is 20.0 Å². The van der Waals surface area contributed by atoms with Gasteiger partial charge in [0.25, 0.3) is 5.91 Å². The fourth-order valence-corrected chi connectivity index (χ4v) is 2.24. The smallest absolute Gasteiger partial charge is 0.252 e. The zero-order valence-corrected chi connectivity index (χ0v) is 14.3. The molecule has 0 atom stereocenters. The average Bonchev–Trinajstić information content (AvgIpc) is 2.37. The number of nitrogens with zero attached hydrogens (tertiary/aromatic N) is 1. The summed E-state index contributed by atoms with van der Waals surface area (Å²) in [5.41, 5.74) is 5.55. The highest BCUT2D eigenvalue weighted by molar-refractivity contribution is 14.1. The number of oxime groups is 1. The lowest BCUT2D eigenvalue weighted by molar-refractivity contribution is 0.0943. The Kier molecular flexibility index (Phi) is 5.60. The first-order chi connectivity index (χ1) is 8.77. The van der Waals surface area contributed by atoms with E-state index >= 15 is 0 Å². The lowest BCUT2D eigenvalue weighted by atomic mass is 9.92. The Balaban J connectivity index is 2.79. The van der Waals surface area contributed by atoms with Crippen molar-refractivity contribution in [2.24, 2.45) is 16.3 Å². The molecule has 0 aromatic heterocycles. The fourth-order valence-electron chi connectivity index (χ4n) is 1.29. The summed E-state index contributed by atoms with van der Waals surface area (Å²) >= 11 is 5.44. The van der Waals surface area contributed by atoms with E-state index in [0.29, 0.717) is 5.56 Å². The Morgan fingerprint density at radius 3 is 2.79 bits per heavy atom. The highest BCUT2D eigenvalue weighted by Crippen LogP contribution is 2.19. The molecule has 0 spiro atoms. The topological polar surface area (TPSA) is 87.7 Å². The molecule has 0 bridgehead atoms. The summed E-state index contributed by atoms with van der Waals surface area (Å²) in [5.74, 6) is -0.110. The van der Waals surface area contributed by atoms with Crippen molar-refractivity contribution in [2.75, 3.05) is 6.54 Å². The molecule has 1 amide bonds. The van der Waals surface area contributed by atoms with Crippen molar-refractivity contribution in [3.8, 4) is 0 Å². The number of nitrogens with two attached hydrogens (primary N) is 1. The lowest BCUT2D eigenvalue weighted by Gasteiger charge is -2.23. The van der Waals surface area contributed by atoms with E-state index in [4.69, 9.17) is 10.9 Å². The van der Waals surface area contributed by atoms with Gasteiger partial charge < -0.3 is 16.3 Å². The quantitative estimate of drug-likeness (QED) is 0.221. The highest BCUT2D eigenvalue weighted by Gasteiger charge is 2.24. The first kappa shape index (κ1) is 16.2. The number of hydrogen-bond acceptors (Lipinski definition) is 3. The summed E-state index contributed by atoms with van der Waals surface area (Å²) < 4.78 is 1.70. The monoisotopic (exact) mass is 439 g/mol.